The Morgan fingerprint density at radius 2 is 2.10 bits per heavy atom. The monoisotopic (exact) mass is 289 g/mol. The highest BCUT2D eigenvalue weighted by molar-refractivity contribution is 5.98. The van der Waals surface area contributed by atoms with Gasteiger partial charge in [-0.05, 0) is 43.5 Å². The third-order valence-corrected chi connectivity index (χ3v) is 3.77. The molecule has 2 N–H and O–H groups in total. The van der Waals surface area contributed by atoms with Crippen molar-refractivity contribution in [2.24, 2.45) is 5.92 Å². The number of hydrogen-bond donors (Lipinski definition) is 2. The van der Waals surface area contributed by atoms with Crippen molar-refractivity contribution in [3.05, 3.63) is 29.8 Å². The summed E-state index contributed by atoms with van der Waals surface area (Å²) in [7, 11) is 3.42. The van der Waals surface area contributed by atoms with Gasteiger partial charge in [-0.2, -0.15) is 0 Å². The van der Waals surface area contributed by atoms with E-state index in [1.807, 2.05) is 0 Å². The number of nitrogens with zero attached hydrogens (tertiary/aromatic N) is 1. The first-order valence-electron chi connectivity index (χ1n) is 7.33. The van der Waals surface area contributed by atoms with Crippen LogP contribution >= 0.6 is 0 Å². The summed E-state index contributed by atoms with van der Waals surface area (Å²) in [6.07, 6.45) is 1.96. The van der Waals surface area contributed by atoms with Crippen molar-refractivity contribution in [2.75, 3.05) is 26.0 Å². The maximum Gasteiger partial charge on any atom is 0.253 e. The van der Waals surface area contributed by atoms with Crippen molar-refractivity contribution in [1.82, 2.24) is 10.2 Å². The number of piperidine rings is 1. The maximum atomic E-state index is 12.3. The molecule has 1 aliphatic heterocycles. The van der Waals surface area contributed by atoms with Gasteiger partial charge < -0.3 is 15.5 Å². The molecule has 114 valence electrons. The minimum absolute atomic E-state index is 0.0315. The van der Waals surface area contributed by atoms with Gasteiger partial charge in [-0.25, -0.2) is 0 Å². The molecule has 2 unspecified atom stereocenters. The van der Waals surface area contributed by atoms with Crippen LogP contribution in [0.5, 0.6) is 0 Å². The van der Waals surface area contributed by atoms with Crippen LogP contribution in [0.1, 0.15) is 30.1 Å². The highest BCUT2D eigenvalue weighted by Gasteiger charge is 2.24. The zero-order valence-electron chi connectivity index (χ0n) is 12.8. The fourth-order valence-electron chi connectivity index (χ4n) is 2.52. The third-order valence-electron chi connectivity index (χ3n) is 3.77. The molecule has 1 fully saturated rings. The SMILES string of the molecule is CC1CCNC(C(=O)Nc2cccc(C(=O)N(C)C)c2)C1. The van der Waals surface area contributed by atoms with Crippen LogP contribution in [0.25, 0.3) is 0 Å². The second-order valence-electron chi connectivity index (χ2n) is 5.91. The zero-order valence-corrected chi connectivity index (χ0v) is 12.8. The molecule has 1 aliphatic rings. The van der Waals surface area contributed by atoms with Crippen LogP contribution in [0, 0.1) is 5.92 Å². The van der Waals surface area contributed by atoms with Crippen molar-refractivity contribution < 1.29 is 9.59 Å². The molecule has 21 heavy (non-hydrogen) atoms. The zero-order chi connectivity index (χ0) is 15.4. The average molecular weight is 289 g/mol. The summed E-state index contributed by atoms with van der Waals surface area (Å²) in [6, 6.07) is 6.90. The molecule has 0 aromatic heterocycles. The lowest BCUT2D eigenvalue weighted by Gasteiger charge is -2.27. The smallest absolute Gasteiger partial charge is 0.253 e. The largest absolute Gasteiger partial charge is 0.345 e. The second kappa shape index (κ2) is 6.72. The lowest BCUT2D eigenvalue weighted by atomic mass is 9.94. The Bertz CT molecular complexity index is 528. The summed E-state index contributed by atoms with van der Waals surface area (Å²) in [5.74, 6) is 0.454. The number of carbonyl (C=O) groups is 2. The molecule has 1 heterocycles. The van der Waals surface area contributed by atoms with Gasteiger partial charge in [0.2, 0.25) is 5.91 Å². The van der Waals surface area contributed by atoms with Gasteiger partial charge in [0.25, 0.3) is 5.91 Å². The van der Waals surface area contributed by atoms with Crippen LogP contribution in [0.2, 0.25) is 0 Å². The minimum Gasteiger partial charge on any atom is -0.345 e. The number of benzene rings is 1. The van der Waals surface area contributed by atoms with Gasteiger partial charge in [0.1, 0.15) is 0 Å². The average Bonchev–Trinajstić information content (AvgIpc) is 2.46. The highest BCUT2D eigenvalue weighted by Crippen LogP contribution is 2.17. The normalized spacial score (nSPS) is 21.7. The van der Waals surface area contributed by atoms with Crippen LogP contribution < -0.4 is 10.6 Å². The standard InChI is InChI=1S/C16H23N3O2/c1-11-7-8-17-14(9-11)15(20)18-13-6-4-5-12(10-13)16(21)19(2)3/h4-6,10-11,14,17H,7-9H2,1-3H3,(H,18,20). The Labute approximate surface area is 125 Å². The van der Waals surface area contributed by atoms with Gasteiger partial charge in [-0.1, -0.05) is 13.0 Å². The molecule has 5 heteroatoms. The minimum atomic E-state index is -0.151. The van der Waals surface area contributed by atoms with E-state index >= 15 is 0 Å². The van der Waals surface area contributed by atoms with E-state index in [1.165, 1.54) is 4.90 Å². The number of rotatable bonds is 3. The van der Waals surface area contributed by atoms with E-state index in [0.717, 1.165) is 19.4 Å². The molecule has 1 saturated heterocycles. The van der Waals surface area contributed by atoms with Gasteiger partial charge in [0.15, 0.2) is 0 Å². The summed E-state index contributed by atoms with van der Waals surface area (Å²) in [4.78, 5) is 25.7. The van der Waals surface area contributed by atoms with Crippen molar-refractivity contribution in [3.63, 3.8) is 0 Å². The fourth-order valence-corrected chi connectivity index (χ4v) is 2.52. The predicted molar refractivity (Wildman–Crippen MR) is 83.3 cm³/mol. The van der Waals surface area contributed by atoms with Gasteiger partial charge in [-0.15, -0.1) is 0 Å². The molecule has 0 aliphatic carbocycles. The van der Waals surface area contributed by atoms with E-state index in [2.05, 4.69) is 17.6 Å². The molecule has 1 aromatic carbocycles. The summed E-state index contributed by atoms with van der Waals surface area (Å²) < 4.78 is 0. The first-order chi connectivity index (χ1) is 9.97. The summed E-state index contributed by atoms with van der Waals surface area (Å²) in [5, 5.41) is 6.13. The first kappa shape index (κ1) is 15.5. The van der Waals surface area contributed by atoms with Crippen molar-refractivity contribution in [1.29, 1.82) is 0 Å². The lowest BCUT2D eigenvalue weighted by Crippen LogP contribution is -2.45. The summed E-state index contributed by atoms with van der Waals surface area (Å²) in [6.45, 7) is 3.04. The molecule has 1 aromatic rings. The van der Waals surface area contributed by atoms with E-state index in [4.69, 9.17) is 0 Å². The van der Waals surface area contributed by atoms with E-state index in [-0.39, 0.29) is 17.9 Å². The molecule has 0 spiro atoms. The number of amides is 2. The van der Waals surface area contributed by atoms with Crippen LogP contribution in [-0.2, 0) is 4.79 Å². The van der Waals surface area contributed by atoms with Crippen molar-refractivity contribution in [3.8, 4) is 0 Å². The highest BCUT2D eigenvalue weighted by atomic mass is 16.2. The Morgan fingerprint density at radius 1 is 1.33 bits per heavy atom. The van der Waals surface area contributed by atoms with Crippen LogP contribution in [0.4, 0.5) is 5.69 Å². The quantitative estimate of drug-likeness (QED) is 0.890. The number of nitrogens with one attached hydrogen (secondary N) is 2. The molecule has 0 bridgehead atoms. The molecular formula is C16H23N3O2. The molecule has 2 amide bonds. The Hall–Kier alpha value is -1.88. The maximum absolute atomic E-state index is 12.3. The van der Waals surface area contributed by atoms with Crippen LogP contribution in [0.3, 0.4) is 0 Å². The summed E-state index contributed by atoms with van der Waals surface area (Å²) >= 11 is 0. The van der Waals surface area contributed by atoms with Crippen LogP contribution in [0.15, 0.2) is 24.3 Å². The molecule has 5 nitrogen and oxygen atoms in total. The van der Waals surface area contributed by atoms with Crippen molar-refractivity contribution in [2.45, 2.75) is 25.8 Å². The van der Waals surface area contributed by atoms with E-state index in [0.29, 0.717) is 17.2 Å². The molecular weight excluding hydrogens is 266 g/mol. The van der Waals surface area contributed by atoms with Crippen molar-refractivity contribution >= 4 is 17.5 Å². The van der Waals surface area contributed by atoms with E-state index in [1.54, 1.807) is 38.4 Å². The fraction of sp³-hybridized carbons (Fsp3) is 0.500. The predicted octanol–water partition coefficient (Wildman–Crippen LogP) is 1.71. The third kappa shape index (κ3) is 4.04. The summed E-state index contributed by atoms with van der Waals surface area (Å²) in [5.41, 5.74) is 1.23. The second-order valence-corrected chi connectivity index (χ2v) is 5.91. The Balaban J connectivity index is 2.04. The number of carbonyl (C=O) groups excluding carboxylic acids is 2. The molecule has 0 radical (unpaired) electrons. The Kier molecular flexibility index (Phi) is 4.96. The van der Waals surface area contributed by atoms with Gasteiger partial charge >= 0.3 is 0 Å². The van der Waals surface area contributed by atoms with Crippen LogP contribution in [-0.4, -0.2) is 43.4 Å². The topological polar surface area (TPSA) is 61.4 Å². The van der Waals surface area contributed by atoms with Gasteiger partial charge in [0, 0.05) is 25.3 Å². The number of anilines is 1. The van der Waals surface area contributed by atoms with Gasteiger partial charge in [0.05, 0.1) is 6.04 Å². The molecule has 2 atom stereocenters. The Morgan fingerprint density at radius 3 is 2.76 bits per heavy atom. The molecule has 2 rings (SSSR count). The van der Waals surface area contributed by atoms with E-state index < -0.39 is 0 Å². The number of hydrogen-bond acceptors (Lipinski definition) is 3. The lowest BCUT2D eigenvalue weighted by molar-refractivity contribution is -0.119. The molecule has 0 saturated carbocycles. The van der Waals surface area contributed by atoms with E-state index in [9.17, 15) is 9.59 Å². The van der Waals surface area contributed by atoms with Gasteiger partial charge in [-0.3, -0.25) is 9.59 Å². The first-order valence-corrected chi connectivity index (χ1v) is 7.33.